The predicted octanol–water partition coefficient (Wildman–Crippen LogP) is 5.20. The van der Waals surface area contributed by atoms with Gasteiger partial charge in [-0.15, -0.1) is 0 Å². The maximum absolute atomic E-state index is 12.9. The molecular weight excluding hydrogens is 376 g/mol. The summed E-state index contributed by atoms with van der Waals surface area (Å²) in [6.07, 6.45) is 3.04. The number of rotatable bonds is 5. The second-order valence-corrected chi connectivity index (χ2v) is 6.36. The van der Waals surface area contributed by atoms with E-state index < -0.39 is 0 Å². The lowest BCUT2D eigenvalue weighted by Crippen LogP contribution is -2.23. The molecule has 0 saturated carbocycles. The van der Waals surface area contributed by atoms with E-state index in [1.807, 2.05) is 0 Å². The Kier molecular flexibility index (Phi) is 5.71. The molecule has 0 spiro atoms. The number of halogens is 3. The quantitative estimate of drug-likeness (QED) is 0.630. The molecule has 0 radical (unpaired) electrons. The fourth-order valence-electron chi connectivity index (χ4n) is 2.27. The molecule has 1 amide bonds. The number of hydrogen-bond donors (Lipinski definition) is 2. The number of aromatic nitrogens is 1. The normalized spacial score (nSPS) is 10.4. The van der Waals surface area contributed by atoms with E-state index in [2.05, 4.69) is 15.6 Å². The molecule has 2 N–H and O–H groups in total. The Morgan fingerprint density at radius 1 is 1.04 bits per heavy atom. The Balaban J connectivity index is 1.69. The summed E-state index contributed by atoms with van der Waals surface area (Å²) < 4.78 is 12.9. The zero-order valence-electron chi connectivity index (χ0n) is 13.5. The molecule has 26 heavy (non-hydrogen) atoms. The van der Waals surface area contributed by atoms with Crippen molar-refractivity contribution in [3.63, 3.8) is 0 Å². The highest BCUT2D eigenvalue weighted by Crippen LogP contribution is 2.28. The van der Waals surface area contributed by atoms with Gasteiger partial charge in [0.05, 0.1) is 28.2 Å². The fourth-order valence-corrected chi connectivity index (χ4v) is 2.60. The maximum Gasteiger partial charge on any atom is 0.253 e. The standard InChI is InChI=1S/C19H14Cl2FN3O/c20-14-3-6-17(21)18(8-14)25-16-7-13(10-23-11-16)19(26)24-9-12-1-4-15(22)5-2-12/h1-8,10-11,25H,9H2,(H,24,26). The average Bonchev–Trinajstić information content (AvgIpc) is 2.64. The van der Waals surface area contributed by atoms with Crippen LogP contribution in [-0.4, -0.2) is 10.9 Å². The highest BCUT2D eigenvalue weighted by Gasteiger charge is 2.08. The third-order valence-corrected chi connectivity index (χ3v) is 4.14. The van der Waals surface area contributed by atoms with E-state index in [0.717, 1.165) is 5.56 Å². The minimum Gasteiger partial charge on any atom is -0.353 e. The fraction of sp³-hybridized carbons (Fsp3) is 0.0526. The number of nitrogens with one attached hydrogen (secondary N) is 2. The molecule has 4 nitrogen and oxygen atoms in total. The van der Waals surface area contributed by atoms with Gasteiger partial charge in [0.1, 0.15) is 5.82 Å². The number of nitrogens with zero attached hydrogens (tertiary/aromatic N) is 1. The Morgan fingerprint density at radius 3 is 2.58 bits per heavy atom. The van der Waals surface area contributed by atoms with Gasteiger partial charge in [-0.05, 0) is 42.0 Å². The van der Waals surface area contributed by atoms with Crippen molar-refractivity contribution in [2.24, 2.45) is 0 Å². The van der Waals surface area contributed by atoms with Gasteiger partial charge in [0, 0.05) is 17.8 Å². The van der Waals surface area contributed by atoms with E-state index in [0.29, 0.717) is 27.0 Å². The number of carbonyl (C=O) groups is 1. The van der Waals surface area contributed by atoms with Crippen molar-refractivity contribution in [3.05, 3.63) is 87.9 Å². The number of benzene rings is 2. The van der Waals surface area contributed by atoms with E-state index in [1.54, 1.807) is 42.6 Å². The molecule has 0 aliphatic carbocycles. The molecular formula is C19H14Cl2FN3O. The second kappa shape index (κ2) is 8.17. The van der Waals surface area contributed by atoms with Gasteiger partial charge in [-0.3, -0.25) is 9.78 Å². The number of carbonyl (C=O) groups excluding carboxylic acids is 1. The summed E-state index contributed by atoms with van der Waals surface area (Å²) in [6.45, 7) is 0.289. The van der Waals surface area contributed by atoms with Crippen LogP contribution < -0.4 is 10.6 Å². The molecule has 2 aromatic carbocycles. The Bertz CT molecular complexity index is 932. The predicted molar refractivity (Wildman–Crippen MR) is 102 cm³/mol. The van der Waals surface area contributed by atoms with Crippen LogP contribution in [0.15, 0.2) is 60.9 Å². The van der Waals surface area contributed by atoms with Crippen LogP contribution in [0.2, 0.25) is 10.0 Å². The summed E-state index contributed by atoms with van der Waals surface area (Å²) in [6, 6.07) is 12.6. The summed E-state index contributed by atoms with van der Waals surface area (Å²) in [4.78, 5) is 16.4. The first kappa shape index (κ1) is 18.2. The van der Waals surface area contributed by atoms with Gasteiger partial charge < -0.3 is 10.6 Å². The van der Waals surface area contributed by atoms with Crippen molar-refractivity contribution in [2.75, 3.05) is 5.32 Å². The maximum atomic E-state index is 12.9. The van der Waals surface area contributed by atoms with Crippen molar-refractivity contribution in [1.29, 1.82) is 0 Å². The first-order valence-corrected chi connectivity index (χ1v) is 8.46. The average molecular weight is 390 g/mol. The summed E-state index contributed by atoms with van der Waals surface area (Å²) in [7, 11) is 0. The zero-order chi connectivity index (χ0) is 18.5. The molecule has 3 rings (SSSR count). The SMILES string of the molecule is O=C(NCc1ccc(F)cc1)c1cncc(Nc2cc(Cl)ccc2Cl)c1. The second-order valence-electron chi connectivity index (χ2n) is 5.52. The van der Waals surface area contributed by atoms with Gasteiger partial charge in [-0.1, -0.05) is 35.3 Å². The number of pyridine rings is 1. The van der Waals surface area contributed by atoms with Crippen LogP contribution in [-0.2, 0) is 6.54 Å². The molecule has 3 aromatic rings. The van der Waals surface area contributed by atoms with E-state index in [-0.39, 0.29) is 18.3 Å². The van der Waals surface area contributed by atoms with Crippen LogP contribution in [0.25, 0.3) is 0 Å². The number of amides is 1. The van der Waals surface area contributed by atoms with Gasteiger partial charge in [0.15, 0.2) is 0 Å². The van der Waals surface area contributed by atoms with Crippen LogP contribution in [0.1, 0.15) is 15.9 Å². The van der Waals surface area contributed by atoms with Crippen molar-refractivity contribution >= 4 is 40.5 Å². The zero-order valence-corrected chi connectivity index (χ0v) is 15.0. The lowest BCUT2D eigenvalue weighted by Gasteiger charge is -2.10. The first-order valence-electron chi connectivity index (χ1n) is 7.71. The van der Waals surface area contributed by atoms with Crippen LogP contribution in [0, 0.1) is 5.82 Å². The lowest BCUT2D eigenvalue weighted by atomic mass is 10.2. The number of hydrogen-bond acceptors (Lipinski definition) is 3. The largest absolute Gasteiger partial charge is 0.353 e. The van der Waals surface area contributed by atoms with E-state index in [4.69, 9.17) is 23.2 Å². The number of anilines is 2. The minimum absolute atomic E-state index is 0.289. The molecule has 0 unspecified atom stereocenters. The Hall–Kier alpha value is -2.63. The minimum atomic E-state index is -0.317. The molecule has 0 saturated heterocycles. The molecule has 1 heterocycles. The molecule has 132 valence electrons. The monoisotopic (exact) mass is 389 g/mol. The van der Waals surface area contributed by atoms with Crippen LogP contribution in [0.3, 0.4) is 0 Å². The van der Waals surface area contributed by atoms with Crippen molar-refractivity contribution < 1.29 is 9.18 Å². The molecule has 0 atom stereocenters. The van der Waals surface area contributed by atoms with Gasteiger partial charge in [0.25, 0.3) is 5.91 Å². The molecule has 0 bridgehead atoms. The Labute approximate surface area is 160 Å². The van der Waals surface area contributed by atoms with Crippen LogP contribution >= 0.6 is 23.2 Å². The summed E-state index contributed by atoms with van der Waals surface area (Å²) in [5.74, 6) is -0.606. The van der Waals surface area contributed by atoms with Crippen molar-refractivity contribution in [1.82, 2.24) is 10.3 Å². The molecule has 7 heteroatoms. The molecule has 0 aliphatic heterocycles. The summed E-state index contributed by atoms with van der Waals surface area (Å²) in [5.41, 5.74) is 2.40. The highest BCUT2D eigenvalue weighted by atomic mass is 35.5. The lowest BCUT2D eigenvalue weighted by molar-refractivity contribution is 0.0950. The van der Waals surface area contributed by atoms with E-state index in [1.165, 1.54) is 18.3 Å². The van der Waals surface area contributed by atoms with Gasteiger partial charge in [0.2, 0.25) is 0 Å². The summed E-state index contributed by atoms with van der Waals surface area (Å²) in [5, 5.41) is 6.90. The smallest absolute Gasteiger partial charge is 0.253 e. The molecule has 0 fully saturated rings. The van der Waals surface area contributed by atoms with Gasteiger partial charge >= 0.3 is 0 Å². The van der Waals surface area contributed by atoms with E-state index in [9.17, 15) is 9.18 Å². The van der Waals surface area contributed by atoms with Gasteiger partial charge in [-0.25, -0.2) is 4.39 Å². The van der Waals surface area contributed by atoms with Crippen molar-refractivity contribution in [2.45, 2.75) is 6.54 Å². The summed E-state index contributed by atoms with van der Waals surface area (Å²) >= 11 is 12.1. The molecule has 1 aromatic heterocycles. The Morgan fingerprint density at radius 2 is 1.81 bits per heavy atom. The van der Waals surface area contributed by atoms with E-state index >= 15 is 0 Å². The van der Waals surface area contributed by atoms with Crippen LogP contribution in [0.5, 0.6) is 0 Å². The van der Waals surface area contributed by atoms with Crippen molar-refractivity contribution in [3.8, 4) is 0 Å². The first-order chi connectivity index (χ1) is 12.5. The third kappa shape index (κ3) is 4.71. The topological polar surface area (TPSA) is 54.0 Å². The third-order valence-electron chi connectivity index (χ3n) is 3.57. The highest BCUT2D eigenvalue weighted by molar-refractivity contribution is 6.35. The molecule has 0 aliphatic rings. The van der Waals surface area contributed by atoms with Crippen LogP contribution in [0.4, 0.5) is 15.8 Å². The van der Waals surface area contributed by atoms with Gasteiger partial charge in [-0.2, -0.15) is 0 Å².